The molecule has 0 aliphatic rings. The first-order chi connectivity index (χ1) is 15.7. The number of hydrogen-bond acceptors (Lipinski definition) is 7. The third-order valence-corrected chi connectivity index (χ3v) is 5.26. The quantitative estimate of drug-likeness (QED) is 0.228. The Bertz CT molecular complexity index is 1190. The fraction of sp³-hybridized carbons (Fsp3) is 0.125. The number of methoxy groups -OCH3 is 1. The zero-order chi connectivity index (χ0) is 22.2. The highest BCUT2D eigenvalue weighted by atomic mass is 32.2. The highest BCUT2D eigenvalue weighted by molar-refractivity contribution is 7.99. The maximum atomic E-state index is 12.1. The number of hydrogen-bond donors (Lipinski definition) is 1. The SMILES string of the molecule is COc1cc(/C=N\NC(=O)CSc2nc3ccccc3o2)ccc1OCc1ccccc1. The van der Waals surface area contributed by atoms with E-state index in [0.29, 0.717) is 28.9 Å². The molecule has 32 heavy (non-hydrogen) atoms. The van der Waals surface area contributed by atoms with E-state index >= 15 is 0 Å². The van der Waals surface area contributed by atoms with Crippen LogP contribution in [0.3, 0.4) is 0 Å². The Labute approximate surface area is 189 Å². The molecular formula is C24H21N3O4S. The monoisotopic (exact) mass is 447 g/mol. The Hall–Kier alpha value is -3.78. The van der Waals surface area contributed by atoms with Crippen molar-refractivity contribution < 1.29 is 18.7 Å². The van der Waals surface area contributed by atoms with Crippen LogP contribution >= 0.6 is 11.8 Å². The number of nitrogens with zero attached hydrogens (tertiary/aromatic N) is 2. The zero-order valence-electron chi connectivity index (χ0n) is 17.4. The molecule has 0 aliphatic carbocycles. The van der Waals surface area contributed by atoms with Crippen LogP contribution < -0.4 is 14.9 Å². The molecule has 0 aliphatic heterocycles. The number of ether oxygens (including phenoxy) is 2. The van der Waals surface area contributed by atoms with Crippen LogP contribution in [0.25, 0.3) is 11.1 Å². The highest BCUT2D eigenvalue weighted by Gasteiger charge is 2.09. The van der Waals surface area contributed by atoms with Crippen molar-refractivity contribution in [3.05, 3.63) is 83.9 Å². The topological polar surface area (TPSA) is 86.0 Å². The van der Waals surface area contributed by atoms with Gasteiger partial charge in [0.25, 0.3) is 11.1 Å². The second kappa shape index (κ2) is 10.5. The molecule has 1 amide bonds. The van der Waals surface area contributed by atoms with E-state index in [1.807, 2.05) is 66.7 Å². The molecule has 8 heteroatoms. The molecule has 7 nitrogen and oxygen atoms in total. The summed E-state index contributed by atoms with van der Waals surface area (Å²) >= 11 is 1.21. The lowest BCUT2D eigenvalue weighted by Crippen LogP contribution is -2.19. The number of nitrogens with one attached hydrogen (secondary N) is 1. The van der Waals surface area contributed by atoms with Gasteiger partial charge in [0.2, 0.25) is 0 Å². The Morgan fingerprint density at radius 1 is 1.09 bits per heavy atom. The lowest BCUT2D eigenvalue weighted by Gasteiger charge is -2.11. The van der Waals surface area contributed by atoms with E-state index < -0.39 is 0 Å². The summed E-state index contributed by atoms with van der Waals surface area (Å²) < 4.78 is 16.9. The number of carbonyl (C=O) groups excluding carboxylic acids is 1. The van der Waals surface area contributed by atoms with Crippen LogP contribution in [0.1, 0.15) is 11.1 Å². The van der Waals surface area contributed by atoms with Gasteiger partial charge < -0.3 is 13.9 Å². The van der Waals surface area contributed by atoms with Crippen molar-refractivity contribution in [1.29, 1.82) is 0 Å². The molecule has 162 valence electrons. The first-order valence-electron chi connectivity index (χ1n) is 9.86. The standard InChI is InChI=1S/C24H21N3O4S/c1-29-22-13-18(11-12-21(22)30-15-17-7-3-2-4-8-17)14-25-27-23(28)16-32-24-26-19-9-5-6-10-20(19)31-24/h2-14H,15-16H2,1H3,(H,27,28)/b25-14-. The van der Waals surface area contributed by atoms with Crippen LogP contribution in [-0.2, 0) is 11.4 Å². The molecule has 1 N–H and O–H groups in total. The minimum absolute atomic E-state index is 0.139. The highest BCUT2D eigenvalue weighted by Crippen LogP contribution is 2.28. The summed E-state index contributed by atoms with van der Waals surface area (Å²) in [5.74, 6) is 1.10. The molecule has 0 atom stereocenters. The van der Waals surface area contributed by atoms with Crippen molar-refractivity contribution in [2.45, 2.75) is 11.8 Å². The third-order valence-electron chi connectivity index (χ3n) is 4.43. The molecule has 4 rings (SSSR count). The largest absolute Gasteiger partial charge is 0.493 e. The number of benzene rings is 3. The summed E-state index contributed by atoms with van der Waals surface area (Å²) in [5.41, 5.74) is 5.79. The number of hydrazone groups is 1. The number of thioether (sulfide) groups is 1. The van der Waals surface area contributed by atoms with Crippen LogP contribution in [0.15, 0.2) is 87.5 Å². The van der Waals surface area contributed by atoms with E-state index in [1.165, 1.54) is 11.8 Å². The van der Waals surface area contributed by atoms with Crippen molar-refractivity contribution >= 4 is 35.0 Å². The summed E-state index contributed by atoms with van der Waals surface area (Å²) in [6, 6.07) is 22.8. The Balaban J connectivity index is 1.28. The number of amides is 1. The fourth-order valence-corrected chi connectivity index (χ4v) is 3.50. The first kappa shape index (κ1) is 21.5. The van der Waals surface area contributed by atoms with Gasteiger partial charge in [0.05, 0.1) is 19.1 Å². The van der Waals surface area contributed by atoms with Gasteiger partial charge in [-0.05, 0) is 41.5 Å². The Morgan fingerprint density at radius 3 is 2.72 bits per heavy atom. The number of aromatic nitrogens is 1. The van der Waals surface area contributed by atoms with Crippen molar-refractivity contribution in [2.75, 3.05) is 12.9 Å². The molecule has 1 heterocycles. The maximum Gasteiger partial charge on any atom is 0.257 e. The van der Waals surface area contributed by atoms with Crippen molar-refractivity contribution in [3.63, 3.8) is 0 Å². The summed E-state index contributed by atoms with van der Waals surface area (Å²) in [6.07, 6.45) is 1.55. The van der Waals surface area contributed by atoms with Crippen molar-refractivity contribution in [3.8, 4) is 11.5 Å². The summed E-state index contributed by atoms with van der Waals surface area (Å²) in [5, 5.41) is 4.46. The average Bonchev–Trinajstić information content (AvgIpc) is 3.25. The van der Waals surface area contributed by atoms with Crippen molar-refractivity contribution in [1.82, 2.24) is 10.4 Å². The lowest BCUT2D eigenvalue weighted by molar-refractivity contribution is -0.118. The summed E-state index contributed by atoms with van der Waals surface area (Å²) in [7, 11) is 1.58. The molecule has 0 saturated carbocycles. The van der Waals surface area contributed by atoms with Crippen molar-refractivity contribution in [2.24, 2.45) is 5.10 Å². The predicted octanol–water partition coefficient (Wildman–Crippen LogP) is 4.66. The van der Waals surface area contributed by atoms with E-state index in [1.54, 1.807) is 19.4 Å². The maximum absolute atomic E-state index is 12.1. The molecule has 0 spiro atoms. The molecular weight excluding hydrogens is 426 g/mol. The van der Waals surface area contributed by atoms with Gasteiger partial charge >= 0.3 is 0 Å². The second-order valence-corrected chi connectivity index (χ2v) is 7.64. The number of para-hydroxylation sites is 2. The van der Waals surface area contributed by atoms with Gasteiger partial charge in [0, 0.05) is 0 Å². The van der Waals surface area contributed by atoms with Crippen LogP contribution in [0.2, 0.25) is 0 Å². The molecule has 0 bridgehead atoms. The average molecular weight is 448 g/mol. The van der Waals surface area contributed by atoms with E-state index in [-0.39, 0.29) is 11.7 Å². The number of fused-ring (bicyclic) bond motifs is 1. The minimum atomic E-state index is -0.261. The molecule has 0 radical (unpaired) electrons. The van der Waals surface area contributed by atoms with E-state index in [4.69, 9.17) is 13.9 Å². The van der Waals surface area contributed by atoms with Crippen LogP contribution in [0.4, 0.5) is 0 Å². The Morgan fingerprint density at radius 2 is 1.91 bits per heavy atom. The van der Waals surface area contributed by atoms with E-state index in [0.717, 1.165) is 16.6 Å². The lowest BCUT2D eigenvalue weighted by atomic mass is 10.2. The first-order valence-corrected chi connectivity index (χ1v) is 10.8. The van der Waals surface area contributed by atoms with Gasteiger partial charge in [-0.15, -0.1) is 0 Å². The van der Waals surface area contributed by atoms with Crippen LogP contribution in [0, 0.1) is 0 Å². The van der Waals surface area contributed by atoms with Gasteiger partial charge in [-0.2, -0.15) is 5.10 Å². The third kappa shape index (κ3) is 5.67. The number of rotatable bonds is 9. The molecule has 0 fully saturated rings. The smallest absolute Gasteiger partial charge is 0.257 e. The van der Waals surface area contributed by atoms with Gasteiger partial charge in [0.15, 0.2) is 17.1 Å². The normalized spacial score (nSPS) is 11.0. The van der Waals surface area contributed by atoms with Gasteiger partial charge in [-0.25, -0.2) is 10.4 Å². The van der Waals surface area contributed by atoms with Crippen LogP contribution in [-0.4, -0.2) is 30.0 Å². The zero-order valence-corrected chi connectivity index (χ0v) is 18.2. The molecule has 0 unspecified atom stereocenters. The minimum Gasteiger partial charge on any atom is -0.493 e. The summed E-state index contributed by atoms with van der Waals surface area (Å²) in [4.78, 5) is 16.4. The van der Waals surface area contributed by atoms with Gasteiger partial charge in [-0.1, -0.05) is 54.2 Å². The number of oxazole rings is 1. The van der Waals surface area contributed by atoms with Gasteiger partial charge in [-0.3, -0.25) is 4.79 Å². The van der Waals surface area contributed by atoms with E-state index in [2.05, 4.69) is 15.5 Å². The van der Waals surface area contributed by atoms with E-state index in [9.17, 15) is 4.79 Å². The predicted molar refractivity (Wildman–Crippen MR) is 124 cm³/mol. The fourth-order valence-electron chi connectivity index (χ4n) is 2.87. The molecule has 4 aromatic rings. The molecule has 3 aromatic carbocycles. The van der Waals surface area contributed by atoms with Crippen LogP contribution in [0.5, 0.6) is 11.5 Å². The van der Waals surface area contributed by atoms with Gasteiger partial charge in [0.1, 0.15) is 12.1 Å². The number of carbonyl (C=O) groups is 1. The second-order valence-electron chi connectivity index (χ2n) is 6.71. The summed E-state index contributed by atoms with van der Waals surface area (Å²) in [6.45, 7) is 0.443. The molecule has 0 saturated heterocycles. The molecule has 1 aromatic heterocycles. The Kier molecular flexibility index (Phi) is 7.04.